The average Bonchev–Trinajstić information content (AvgIpc) is 2.29. The monoisotopic (exact) mass is 212 g/mol. The molecule has 1 aromatic carbocycles. The number of aliphatic hydroxyl groups is 1. The van der Waals surface area contributed by atoms with Crippen molar-refractivity contribution in [2.24, 2.45) is 0 Å². The van der Waals surface area contributed by atoms with Crippen molar-refractivity contribution in [2.75, 3.05) is 20.3 Å². The van der Waals surface area contributed by atoms with Crippen LogP contribution < -0.4 is 4.89 Å². The molecule has 0 aromatic heterocycles. The van der Waals surface area contributed by atoms with Gasteiger partial charge in [-0.1, -0.05) is 0 Å². The first-order chi connectivity index (χ1) is 7.27. The van der Waals surface area contributed by atoms with E-state index in [1.54, 1.807) is 24.3 Å². The fourth-order valence-corrected chi connectivity index (χ4v) is 0.911. The van der Waals surface area contributed by atoms with E-state index in [1.807, 2.05) is 0 Å². The van der Waals surface area contributed by atoms with Crippen LogP contribution in [0, 0.1) is 0 Å². The lowest BCUT2D eigenvalue weighted by atomic mass is 10.2. The van der Waals surface area contributed by atoms with Crippen molar-refractivity contribution in [1.29, 1.82) is 0 Å². The normalized spacial score (nSPS) is 9.73. The van der Waals surface area contributed by atoms with Gasteiger partial charge in [-0.05, 0) is 24.3 Å². The Bertz CT molecular complexity index is 306. The third kappa shape index (κ3) is 3.57. The molecule has 1 aromatic rings. The maximum Gasteiger partial charge on any atom is 0.337 e. The van der Waals surface area contributed by atoms with E-state index < -0.39 is 5.97 Å². The zero-order valence-corrected chi connectivity index (χ0v) is 8.30. The number of methoxy groups -OCH3 is 1. The number of carbonyl (C=O) groups excluding carboxylic acids is 1. The second-order valence-corrected chi connectivity index (χ2v) is 2.64. The minimum Gasteiger partial charge on any atom is -0.465 e. The third-order valence-electron chi connectivity index (χ3n) is 1.61. The van der Waals surface area contributed by atoms with Gasteiger partial charge in [-0.15, -0.1) is 0 Å². The first kappa shape index (κ1) is 11.5. The zero-order chi connectivity index (χ0) is 11.1. The molecule has 0 bridgehead atoms. The van der Waals surface area contributed by atoms with Gasteiger partial charge in [0.05, 0.1) is 19.3 Å². The molecule has 15 heavy (non-hydrogen) atoms. The predicted octanol–water partition coefficient (Wildman–Crippen LogP) is 0.776. The summed E-state index contributed by atoms with van der Waals surface area (Å²) < 4.78 is 4.53. The molecule has 5 heteroatoms. The van der Waals surface area contributed by atoms with Crippen molar-refractivity contribution in [3.8, 4) is 5.75 Å². The van der Waals surface area contributed by atoms with Crippen LogP contribution in [0.15, 0.2) is 24.3 Å². The van der Waals surface area contributed by atoms with Crippen LogP contribution in [0.25, 0.3) is 0 Å². The van der Waals surface area contributed by atoms with Gasteiger partial charge in [-0.25, -0.2) is 4.79 Å². The van der Waals surface area contributed by atoms with E-state index in [0.717, 1.165) is 0 Å². The number of hydrogen-bond acceptors (Lipinski definition) is 5. The molecule has 0 aliphatic carbocycles. The summed E-state index contributed by atoms with van der Waals surface area (Å²) in [4.78, 5) is 20.5. The van der Waals surface area contributed by atoms with Gasteiger partial charge < -0.3 is 14.7 Å². The van der Waals surface area contributed by atoms with Crippen LogP contribution in [0.5, 0.6) is 5.75 Å². The Kier molecular flexibility index (Phi) is 4.59. The number of carbonyl (C=O) groups is 1. The first-order valence-corrected chi connectivity index (χ1v) is 4.36. The highest BCUT2D eigenvalue weighted by molar-refractivity contribution is 5.89. The Morgan fingerprint density at radius 2 is 2.00 bits per heavy atom. The molecule has 0 saturated carbocycles. The zero-order valence-electron chi connectivity index (χ0n) is 8.30. The fraction of sp³-hybridized carbons (Fsp3) is 0.300. The second-order valence-electron chi connectivity index (χ2n) is 2.64. The lowest BCUT2D eigenvalue weighted by Crippen LogP contribution is -2.04. The molecule has 82 valence electrons. The average molecular weight is 212 g/mol. The van der Waals surface area contributed by atoms with E-state index in [-0.39, 0.29) is 13.2 Å². The van der Waals surface area contributed by atoms with Gasteiger partial charge in [0, 0.05) is 0 Å². The molecule has 0 radical (unpaired) electrons. The maximum absolute atomic E-state index is 11.1. The highest BCUT2D eigenvalue weighted by Gasteiger charge is 2.04. The number of aliphatic hydroxyl groups excluding tert-OH is 1. The first-order valence-electron chi connectivity index (χ1n) is 4.36. The van der Waals surface area contributed by atoms with E-state index in [4.69, 9.17) is 9.99 Å². The van der Waals surface area contributed by atoms with Crippen LogP contribution in [0.3, 0.4) is 0 Å². The Hall–Kier alpha value is -1.59. The van der Waals surface area contributed by atoms with Crippen molar-refractivity contribution < 1.29 is 24.4 Å². The van der Waals surface area contributed by atoms with Crippen LogP contribution in [0.4, 0.5) is 0 Å². The maximum atomic E-state index is 11.1. The van der Waals surface area contributed by atoms with Crippen LogP contribution >= 0.6 is 0 Å². The Morgan fingerprint density at radius 3 is 2.53 bits per heavy atom. The highest BCUT2D eigenvalue weighted by Crippen LogP contribution is 2.12. The summed E-state index contributed by atoms with van der Waals surface area (Å²) in [6, 6.07) is 6.26. The van der Waals surface area contributed by atoms with Crippen molar-refractivity contribution in [2.45, 2.75) is 0 Å². The topological polar surface area (TPSA) is 65.0 Å². The molecule has 0 amide bonds. The molecule has 0 aliphatic rings. The molecule has 0 saturated heterocycles. The molecule has 0 fully saturated rings. The lowest BCUT2D eigenvalue weighted by molar-refractivity contribution is -0.212. The predicted molar refractivity (Wildman–Crippen MR) is 51.4 cm³/mol. The summed E-state index contributed by atoms with van der Waals surface area (Å²) in [7, 11) is 1.32. The van der Waals surface area contributed by atoms with Gasteiger partial charge in [0.25, 0.3) is 0 Å². The van der Waals surface area contributed by atoms with Gasteiger partial charge in [-0.3, -0.25) is 0 Å². The molecule has 0 heterocycles. The smallest absolute Gasteiger partial charge is 0.337 e. The largest absolute Gasteiger partial charge is 0.465 e. The van der Waals surface area contributed by atoms with Crippen LogP contribution in [-0.2, 0) is 9.62 Å². The summed E-state index contributed by atoms with van der Waals surface area (Å²) in [6.07, 6.45) is 0. The summed E-state index contributed by atoms with van der Waals surface area (Å²) in [5, 5.41) is 8.43. The Labute approximate surface area is 87.1 Å². The standard InChI is InChI=1S/C10H12O5/c1-13-10(12)8-2-4-9(5-3-8)15-14-7-6-11/h2-5,11H,6-7H2,1H3. The summed E-state index contributed by atoms with van der Waals surface area (Å²) in [6.45, 7) is -0.0149. The van der Waals surface area contributed by atoms with Crippen LogP contribution in [0.2, 0.25) is 0 Å². The third-order valence-corrected chi connectivity index (χ3v) is 1.61. The summed E-state index contributed by atoms with van der Waals surface area (Å²) in [5.74, 6) is 0.0499. The lowest BCUT2D eigenvalue weighted by Gasteiger charge is -2.04. The van der Waals surface area contributed by atoms with Gasteiger partial charge in [0.15, 0.2) is 5.75 Å². The highest BCUT2D eigenvalue weighted by atomic mass is 17.2. The van der Waals surface area contributed by atoms with E-state index in [9.17, 15) is 4.79 Å². The molecule has 0 unspecified atom stereocenters. The molecular weight excluding hydrogens is 200 g/mol. The van der Waals surface area contributed by atoms with Crippen molar-refractivity contribution in [3.63, 3.8) is 0 Å². The molecule has 5 nitrogen and oxygen atoms in total. The number of ether oxygens (including phenoxy) is 1. The minimum absolute atomic E-state index is 0.0960. The Balaban J connectivity index is 2.52. The second kappa shape index (κ2) is 6.00. The van der Waals surface area contributed by atoms with Crippen LogP contribution in [-0.4, -0.2) is 31.4 Å². The van der Waals surface area contributed by atoms with Crippen LogP contribution in [0.1, 0.15) is 10.4 Å². The molecule has 1 rings (SSSR count). The summed E-state index contributed by atoms with van der Waals surface area (Å²) in [5.41, 5.74) is 0.437. The van der Waals surface area contributed by atoms with Crippen molar-refractivity contribution in [3.05, 3.63) is 29.8 Å². The number of hydrogen-bond donors (Lipinski definition) is 1. The number of esters is 1. The summed E-state index contributed by atoms with van der Waals surface area (Å²) >= 11 is 0. The minimum atomic E-state index is -0.405. The molecule has 0 aliphatic heterocycles. The fourth-order valence-electron chi connectivity index (χ4n) is 0.911. The van der Waals surface area contributed by atoms with E-state index in [2.05, 4.69) is 9.62 Å². The number of rotatable bonds is 5. The van der Waals surface area contributed by atoms with E-state index in [0.29, 0.717) is 11.3 Å². The van der Waals surface area contributed by atoms with Gasteiger partial charge >= 0.3 is 5.97 Å². The number of benzene rings is 1. The molecule has 0 spiro atoms. The van der Waals surface area contributed by atoms with E-state index in [1.165, 1.54) is 7.11 Å². The van der Waals surface area contributed by atoms with Crippen molar-refractivity contribution >= 4 is 5.97 Å². The van der Waals surface area contributed by atoms with E-state index >= 15 is 0 Å². The van der Waals surface area contributed by atoms with Gasteiger partial charge in [0.2, 0.25) is 0 Å². The van der Waals surface area contributed by atoms with Gasteiger partial charge in [0.1, 0.15) is 6.61 Å². The van der Waals surface area contributed by atoms with Gasteiger partial charge in [-0.2, -0.15) is 4.89 Å². The van der Waals surface area contributed by atoms with Crippen molar-refractivity contribution in [1.82, 2.24) is 0 Å². The molecule has 1 N–H and O–H groups in total. The Morgan fingerprint density at radius 1 is 1.33 bits per heavy atom. The molecular formula is C10H12O5. The SMILES string of the molecule is COC(=O)c1ccc(OOCCO)cc1. The molecule has 0 atom stereocenters. The quantitative estimate of drug-likeness (QED) is 0.338.